The van der Waals surface area contributed by atoms with Crippen molar-refractivity contribution >= 4 is 21.9 Å². The highest BCUT2D eigenvalue weighted by Crippen LogP contribution is 2.33. The monoisotopic (exact) mass is 260 g/mol. The molecule has 1 rings (SSSR count). The lowest BCUT2D eigenvalue weighted by Gasteiger charge is -2.08. The Labute approximate surface area is 89.3 Å². The van der Waals surface area contributed by atoms with E-state index in [2.05, 4.69) is 15.9 Å². The second kappa shape index (κ2) is 4.32. The van der Waals surface area contributed by atoms with Crippen LogP contribution in [0.2, 0.25) is 0 Å². The zero-order valence-corrected chi connectivity index (χ0v) is 9.04. The van der Waals surface area contributed by atoms with Gasteiger partial charge in [0.25, 0.3) is 0 Å². The van der Waals surface area contributed by atoms with E-state index in [0.717, 1.165) is 0 Å². The first-order valence-electron chi connectivity index (χ1n) is 3.81. The van der Waals surface area contributed by atoms with E-state index < -0.39 is 5.97 Å². The zero-order chi connectivity index (χ0) is 10.7. The summed E-state index contributed by atoms with van der Waals surface area (Å²) >= 11 is 3.19. The molecule has 0 atom stereocenters. The third-order valence-corrected chi connectivity index (χ3v) is 2.14. The number of aliphatic carboxylic acids is 1. The average Bonchev–Trinajstić information content (AvgIpc) is 2.09. The maximum atomic E-state index is 10.5. The van der Waals surface area contributed by atoms with Crippen LogP contribution in [0, 0.1) is 0 Å². The highest BCUT2D eigenvalue weighted by atomic mass is 79.9. The molecule has 0 amide bonds. The summed E-state index contributed by atoms with van der Waals surface area (Å²) in [5.74, 6) is -0.867. The van der Waals surface area contributed by atoms with E-state index in [9.17, 15) is 9.90 Å². The number of carboxylic acids is 1. The van der Waals surface area contributed by atoms with Gasteiger partial charge in [-0.1, -0.05) is 15.9 Å². The fraction of sp³-hybridized carbons (Fsp3) is 0.222. The van der Waals surface area contributed by atoms with Crippen LogP contribution in [0.25, 0.3) is 0 Å². The number of ether oxygens (including phenoxy) is 1. The van der Waals surface area contributed by atoms with Gasteiger partial charge in [-0.15, -0.1) is 0 Å². The number of aromatic hydroxyl groups is 1. The lowest BCUT2D eigenvalue weighted by molar-refractivity contribution is -0.136. The molecule has 0 aromatic heterocycles. The van der Waals surface area contributed by atoms with Crippen LogP contribution in [-0.4, -0.2) is 23.3 Å². The number of benzene rings is 1. The molecule has 0 saturated heterocycles. The Bertz CT molecular complexity index is 362. The van der Waals surface area contributed by atoms with Crippen LogP contribution >= 0.6 is 15.9 Å². The Morgan fingerprint density at radius 2 is 2.21 bits per heavy atom. The Morgan fingerprint density at radius 3 is 2.71 bits per heavy atom. The first kappa shape index (κ1) is 10.8. The topological polar surface area (TPSA) is 66.8 Å². The molecule has 5 heteroatoms. The molecule has 76 valence electrons. The minimum atomic E-state index is -1.000. The quantitative estimate of drug-likeness (QED) is 0.870. The SMILES string of the molecule is COc1cc(Br)cc(CC(=O)O)c1O. The predicted octanol–water partition coefficient (Wildman–Crippen LogP) is 1.79. The third kappa shape index (κ3) is 2.38. The number of hydrogen-bond donors (Lipinski definition) is 2. The van der Waals surface area contributed by atoms with Crippen molar-refractivity contribution in [2.75, 3.05) is 7.11 Å². The van der Waals surface area contributed by atoms with E-state index >= 15 is 0 Å². The van der Waals surface area contributed by atoms with E-state index in [1.54, 1.807) is 12.1 Å². The van der Waals surface area contributed by atoms with Gasteiger partial charge in [0.1, 0.15) is 0 Å². The molecule has 0 saturated carbocycles. The Kier molecular flexibility index (Phi) is 3.35. The number of carbonyl (C=O) groups is 1. The summed E-state index contributed by atoms with van der Waals surface area (Å²) in [6.45, 7) is 0. The lowest BCUT2D eigenvalue weighted by Crippen LogP contribution is -2.01. The molecule has 14 heavy (non-hydrogen) atoms. The number of hydrogen-bond acceptors (Lipinski definition) is 3. The molecule has 0 unspecified atom stereocenters. The van der Waals surface area contributed by atoms with Gasteiger partial charge < -0.3 is 14.9 Å². The summed E-state index contributed by atoms with van der Waals surface area (Å²) in [5.41, 5.74) is 0.323. The molecular formula is C9H9BrO4. The van der Waals surface area contributed by atoms with Crippen LogP contribution in [0.3, 0.4) is 0 Å². The van der Waals surface area contributed by atoms with Crippen LogP contribution in [0.15, 0.2) is 16.6 Å². The van der Waals surface area contributed by atoms with Gasteiger partial charge in [0.2, 0.25) is 0 Å². The van der Waals surface area contributed by atoms with Crippen molar-refractivity contribution in [3.8, 4) is 11.5 Å². The largest absolute Gasteiger partial charge is 0.504 e. The molecule has 1 aromatic rings. The molecule has 0 bridgehead atoms. The van der Waals surface area contributed by atoms with E-state index in [4.69, 9.17) is 9.84 Å². The summed E-state index contributed by atoms with van der Waals surface area (Å²) in [4.78, 5) is 10.5. The average molecular weight is 261 g/mol. The Balaban J connectivity index is 3.15. The molecule has 2 N–H and O–H groups in total. The number of halogens is 1. The molecular weight excluding hydrogens is 252 g/mol. The number of phenols is 1. The van der Waals surface area contributed by atoms with Crippen molar-refractivity contribution in [2.24, 2.45) is 0 Å². The van der Waals surface area contributed by atoms with Crippen molar-refractivity contribution in [1.29, 1.82) is 0 Å². The standard InChI is InChI=1S/C9H9BrO4/c1-14-7-4-6(10)2-5(9(7)13)3-8(11)12/h2,4,13H,3H2,1H3,(H,11,12). The smallest absolute Gasteiger partial charge is 0.307 e. The van der Waals surface area contributed by atoms with Crippen LogP contribution < -0.4 is 4.74 Å². The van der Waals surface area contributed by atoms with Crippen LogP contribution in [0.4, 0.5) is 0 Å². The normalized spacial score (nSPS) is 9.86. The van der Waals surface area contributed by atoms with E-state index in [-0.39, 0.29) is 17.9 Å². The lowest BCUT2D eigenvalue weighted by atomic mass is 10.1. The van der Waals surface area contributed by atoms with Gasteiger partial charge in [0.05, 0.1) is 13.5 Å². The van der Waals surface area contributed by atoms with Crippen molar-refractivity contribution in [1.82, 2.24) is 0 Å². The number of carboxylic acid groups (broad SMARTS) is 1. The predicted molar refractivity (Wildman–Crippen MR) is 53.7 cm³/mol. The van der Waals surface area contributed by atoms with Gasteiger partial charge >= 0.3 is 5.97 Å². The van der Waals surface area contributed by atoms with Gasteiger partial charge in [-0.05, 0) is 12.1 Å². The van der Waals surface area contributed by atoms with Gasteiger partial charge in [-0.25, -0.2) is 0 Å². The van der Waals surface area contributed by atoms with Crippen molar-refractivity contribution in [3.05, 3.63) is 22.2 Å². The van der Waals surface area contributed by atoms with Gasteiger partial charge in [0.15, 0.2) is 11.5 Å². The summed E-state index contributed by atoms with van der Waals surface area (Å²) in [6, 6.07) is 3.12. The number of rotatable bonds is 3. The molecule has 0 radical (unpaired) electrons. The summed E-state index contributed by atoms with van der Waals surface area (Å²) in [5, 5.41) is 18.1. The minimum Gasteiger partial charge on any atom is -0.504 e. The van der Waals surface area contributed by atoms with Crippen LogP contribution in [0.5, 0.6) is 11.5 Å². The van der Waals surface area contributed by atoms with Crippen LogP contribution in [-0.2, 0) is 11.2 Å². The first-order chi connectivity index (χ1) is 6.54. The molecule has 0 aliphatic carbocycles. The summed E-state index contributed by atoms with van der Waals surface area (Å²) < 4.78 is 5.54. The molecule has 0 heterocycles. The van der Waals surface area contributed by atoms with E-state index in [1.807, 2.05) is 0 Å². The minimum absolute atomic E-state index is 0.127. The highest BCUT2D eigenvalue weighted by Gasteiger charge is 2.12. The van der Waals surface area contributed by atoms with Crippen molar-refractivity contribution in [3.63, 3.8) is 0 Å². The maximum Gasteiger partial charge on any atom is 0.307 e. The fourth-order valence-electron chi connectivity index (χ4n) is 1.08. The molecule has 1 aromatic carbocycles. The van der Waals surface area contributed by atoms with Crippen molar-refractivity contribution in [2.45, 2.75) is 6.42 Å². The summed E-state index contributed by atoms with van der Waals surface area (Å²) in [6.07, 6.45) is -0.234. The Morgan fingerprint density at radius 1 is 1.57 bits per heavy atom. The van der Waals surface area contributed by atoms with E-state index in [0.29, 0.717) is 10.0 Å². The summed E-state index contributed by atoms with van der Waals surface area (Å²) in [7, 11) is 1.41. The molecule has 0 aliphatic heterocycles. The van der Waals surface area contributed by atoms with Crippen LogP contribution in [0.1, 0.15) is 5.56 Å². The van der Waals surface area contributed by atoms with E-state index in [1.165, 1.54) is 7.11 Å². The molecule has 4 nitrogen and oxygen atoms in total. The Hall–Kier alpha value is -1.23. The first-order valence-corrected chi connectivity index (χ1v) is 4.61. The second-order valence-electron chi connectivity index (χ2n) is 2.69. The van der Waals surface area contributed by atoms with Gasteiger partial charge in [-0.2, -0.15) is 0 Å². The molecule has 0 aliphatic rings. The van der Waals surface area contributed by atoms with Gasteiger partial charge in [0, 0.05) is 10.0 Å². The number of methoxy groups -OCH3 is 1. The molecule has 0 spiro atoms. The molecule has 0 fully saturated rings. The zero-order valence-electron chi connectivity index (χ0n) is 7.45. The third-order valence-electron chi connectivity index (χ3n) is 1.68. The van der Waals surface area contributed by atoms with Crippen molar-refractivity contribution < 1.29 is 19.7 Å². The fourth-order valence-corrected chi connectivity index (χ4v) is 1.57. The highest BCUT2D eigenvalue weighted by molar-refractivity contribution is 9.10. The van der Waals surface area contributed by atoms with Gasteiger partial charge in [-0.3, -0.25) is 4.79 Å². The number of phenolic OH excluding ortho intramolecular Hbond substituents is 1. The second-order valence-corrected chi connectivity index (χ2v) is 3.60. The maximum absolute atomic E-state index is 10.5.